The van der Waals surface area contributed by atoms with E-state index in [2.05, 4.69) is 10.6 Å². The molecule has 1 atom stereocenters. The summed E-state index contributed by atoms with van der Waals surface area (Å²) in [6.07, 6.45) is -3.74. The van der Waals surface area contributed by atoms with Crippen LogP contribution in [0.4, 0.5) is 18.9 Å². The zero-order valence-corrected chi connectivity index (χ0v) is 15.3. The Labute approximate surface area is 155 Å². The molecule has 0 spiro atoms. The van der Waals surface area contributed by atoms with Crippen LogP contribution in [0.1, 0.15) is 36.1 Å². The van der Waals surface area contributed by atoms with Gasteiger partial charge < -0.3 is 10.6 Å². The summed E-state index contributed by atoms with van der Waals surface area (Å²) in [6, 6.07) is 11.6. The second-order valence-corrected chi connectivity index (χ2v) is 6.48. The minimum atomic E-state index is -4.52. The summed E-state index contributed by atoms with van der Waals surface area (Å²) in [5.74, 6) is 0. The summed E-state index contributed by atoms with van der Waals surface area (Å²) in [5, 5.41) is 5.83. The summed E-state index contributed by atoms with van der Waals surface area (Å²) < 4.78 is 38.8. The number of hydrogen-bond donors (Lipinski definition) is 2. The molecule has 2 nitrogen and oxygen atoms in total. The van der Waals surface area contributed by atoms with Gasteiger partial charge in [-0.15, -0.1) is 0 Å². The molecule has 134 valence electrons. The van der Waals surface area contributed by atoms with E-state index < -0.39 is 11.7 Å². The smallest absolute Gasteiger partial charge is 0.356 e. The van der Waals surface area contributed by atoms with Gasteiger partial charge in [0.05, 0.1) is 16.6 Å². The fourth-order valence-electron chi connectivity index (χ4n) is 2.37. The highest BCUT2D eigenvalue weighted by molar-refractivity contribution is 7.80. The molecule has 0 aromatic heterocycles. The van der Waals surface area contributed by atoms with E-state index in [0.717, 1.165) is 23.6 Å². The Morgan fingerprint density at radius 2 is 1.80 bits per heavy atom. The van der Waals surface area contributed by atoms with E-state index in [1.165, 1.54) is 12.1 Å². The number of nitrogens with one attached hydrogen (secondary N) is 2. The Balaban J connectivity index is 2.10. The average Bonchev–Trinajstić information content (AvgIpc) is 2.54. The SMILES string of the molecule is CC[C@H](NC(=S)Nc1ccc(Cl)c(C(F)(F)F)c1)c1ccc(C)cc1. The van der Waals surface area contributed by atoms with Crippen LogP contribution in [0.3, 0.4) is 0 Å². The molecule has 0 saturated carbocycles. The molecule has 0 bridgehead atoms. The maximum Gasteiger partial charge on any atom is 0.417 e. The third-order valence-corrected chi connectivity index (χ3v) is 4.27. The summed E-state index contributed by atoms with van der Waals surface area (Å²) in [4.78, 5) is 0. The number of aryl methyl sites for hydroxylation is 1. The van der Waals surface area contributed by atoms with Gasteiger partial charge in [-0.2, -0.15) is 13.2 Å². The predicted octanol–water partition coefficient (Wildman–Crippen LogP) is 6.10. The van der Waals surface area contributed by atoms with E-state index in [0.29, 0.717) is 0 Å². The number of hydrogen-bond acceptors (Lipinski definition) is 1. The first-order chi connectivity index (χ1) is 11.7. The molecule has 0 radical (unpaired) electrons. The van der Waals surface area contributed by atoms with E-state index in [1.54, 1.807) is 0 Å². The van der Waals surface area contributed by atoms with Crippen molar-refractivity contribution >= 4 is 34.6 Å². The number of anilines is 1. The zero-order valence-electron chi connectivity index (χ0n) is 13.7. The summed E-state index contributed by atoms with van der Waals surface area (Å²) in [6.45, 7) is 4.01. The molecule has 0 aliphatic rings. The van der Waals surface area contributed by atoms with E-state index in [4.69, 9.17) is 23.8 Å². The molecular formula is C18H18ClF3N2S. The van der Waals surface area contributed by atoms with Gasteiger partial charge in [0, 0.05) is 5.69 Å². The van der Waals surface area contributed by atoms with Gasteiger partial charge in [-0.25, -0.2) is 0 Å². The average molecular weight is 387 g/mol. The summed E-state index contributed by atoms with van der Waals surface area (Å²) >= 11 is 10.9. The molecule has 2 N–H and O–H groups in total. The monoisotopic (exact) mass is 386 g/mol. The summed E-state index contributed by atoms with van der Waals surface area (Å²) in [7, 11) is 0. The second kappa shape index (κ2) is 8.06. The second-order valence-electron chi connectivity index (χ2n) is 5.66. The molecule has 0 unspecified atom stereocenters. The topological polar surface area (TPSA) is 24.1 Å². The molecule has 0 aliphatic carbocycles. The van der Waals surface area contributed by atoms with Crippen molar-refractivity contribution in [2.24, 2.45) is 0 Å². The molecule has 2 rings (SSSR count). The Morgan fingerprint density at radius 3 is 2.36 bits per heavy atom. The van der Waals surface area contributed by atoms with Crippen molar-refractivity contribution in [1.82, 2.24) is 5.32 Å². The molecule has 7 heteroatoms. The number of benzene rings is 2. The first kappa shape index (κ1) is 19.5. The maximum absolute atomic E-state index is 12.9. The standard InChI is InChI=1S/C18H18ClF3N2S/c1-3-16(12-6-4-11(2)5-7-12)24-17(25)23-13-8-9-15(19)14(10-13)18(20,21)22/h4-10,16H,3H2,1-2H3,(H2,23,24,25)/t16-/m0/s1. The van der Waals surface area contributed by atoms with E-state index in [-0.39, 0.29) is 21.9 Å². The van der Waals surface area contributed by atoms with Gasteiger partial charge >= 0.3 is 6.18 Å². The Kier molecular flexibility index (Phi) is 6.30. The molecule has 0 saturated heterocycles. The van der Waals surface area contributed by atoms with Crippen LogP contribution in [0.5, 0.6) is 0 Å². The predicted molar refractivity (Wildman–Crippen MR) is 100 cm³/mol. The molecular weight excluding hydrogens is 369 g/mol. The first-order valence-corrected chi connectivity index (χ1v) is 8.50. The van der Waals surface area contributed by atoms with Crippen molar-refractivity contribution in [3.63, 3.8) is 0 Å². The molecule has 0 amide bonds. The number of thiocarbonyl (C=S) groups is 1. The van der Waals surface area contributed by atoms with Crippen molar-refractivity contribution in [2.75, 3.05) is 5.32 Å². The van der Waals surface area contributed by atoms with Gasteiger partial charge in [0.1, 0.15) is 0 Å². The van der Waals surface area contributed by atoms with Gasteiger partial charge in [-0.05, 0) is 49.3 Å². The lowest BCUT2D eigenvalue weighted by Gasteiger charge is -2.20. The third kappa shape index (κ3) is 5.34. The third-order valence-electron chi connectivity index (χ3n) is 3.72. The summed E-state index contributed by atoms with van der Waals surface area (Å²) in [5.41, 5.74) is 1.55. The molecule has 0 heterocycles. The van der Waals surface area contributed by atoms with E-state index >= 15 is 0 Å². The number of rotatable bonds is 4. The molecule has 0 aliphatic heterocycles. The van der Waals surface area contributed by atoms with Gasteiger partial charge in [0.15, 0.2) is 5.11 Å². The fraction of sp³-hybridized carbons (Fsp3) is 0.278. The van der Waals surface area contributed by atoms with E-state index in [1.807, 2.05) is 38.1 Å². The van der Waals surface area contributed by atoms with Crippen molar-refractivity contribution in [1.29, 1.82) is 0 Å². The highest BCUT2D eigenvalue weighted by atomic mass is 35.5. The van der Waals surface area contributed by atoms with Crippen molar-refractivity contribution in [3.05, 3.63) is 64.2 Å². The lowest BCUT2D eigenvalue weighted by molar-refractivity contribution is -0.137. The molecule has 2 aromatic rings. The Bertz CT molecular complexity index is 745. The fourth-order valence-corrected chi connectivity index (χ4v) is 2.85. The van der Waals surface area contributed by atoms with Gasteiger partial charge in [0.2, 0.25) is 0 Å². The largest absolute Gasteiger partial charge is 0.417 e. The van der Waals surface area contributed by atoms with E-state index in [9.17, 15) is 13.2 Å². The van der Waals surface area contributed by atoms with Crippen molar-refractivity contribution in [3.8, 4) is 0 Å². The molecule has 25 heavy (non-hydrogen) atoms. The van der Waals surface area contributed by atoms with Crippen molar-refractivity contribution in [2.45, 2.75) is 32.5 Å². The van der Waals surface area contributed by atoms with Crippen LogP contribution in [0.25, 0.3) is 0 Å². The first-order valence-electron chi connectivity index (χ1n) is 7.71. The number of halogens is 4. The highest BCUT2D eigenvalue weighted by Crippen LogP contribution is 2.36. The molecule has 2 aromatic carbocycles. The minimum absolute atomic E-state index is 0.0324. The van der Waals surface area contributed by atoms with Crippen LogP contribution in [-0.4, -0.2) is 5.11 Å². The lowest BCUT2D eigenvalue weighted by Crippen LogP contribution is -2.32. The van der Waals surface area contributed by atoms with Crippen LogP contribution < -0.4 is 10.6 Å². The quantitative estimate of drug-likeness (QED) is 0.620. The van der Waals surface area contributed by atoms with Crippen LogP contribution in [0, 0.1) is 6.92 Å². The van der Waals surface area contributed by atoms with Crippen molar-refractivity contribution < 1.29 is 13.2 Å². The Morgan fingerprint density at radius 1 is 1.16 bits per heavy atom. The van der Waals surface area contributed by atoms with Gasteiger partial charge in [0.25, 0.3) is 0 Å². The highest BCUT2D eigenvalue weighted by Gasteiger charge is 2.33. The zero-order chi connectivity index (χ0) is 18.6. The van der Waals surface area contributed by atoms with Gasteiger partial charge in [-0.3, -0.25) is 0 Å². The normalized spacial score (nSPS) is 12.6. The lowest BCUT2D eigenvalue weighted by atomic mass is 10.0. The van der Waals surface area contributed by atoms with Crippen LogP contribution in [-0.2, 0) is 6.18 Å². The minimum Gasteiger partial charge on any atom is -0.356 e. The van der Waals surface area contributed by atoms with Crippen LogP contribution in [0.2, 0.25) is 5.02 Å². The maximum atomic E-state index is 12.9. The van der Waals surface area contributed by atoms with Crippen LogP contribution >= 0.6 is 23.8 Å². The number of alkyl halides is 3. The Hall–Kier alpha value is -1.79. The molecule has 0 fully saturated rings. The van der Waals surface area contributed by atoms with Crippen LogP contribution in [0.15, 0.2) is 42.5 Å². The van der Waals surface area contributed by atoms with Gasteiger partial charge in [-0.1, -0.05) is 48.4 Å².